The Labute approximate surface area is 189 Å². The SMILES string of the molecule is CC(C)(C)c1ccc(OCC(=O)NNC(=O)COc2ccc(Cl)cc2)c(C(C)(C)C)c1. The summed E-state index contributed by atoms with van der Waals surface area (Å²) in [6.07, 6.45) is 0. The molecule has 2 amide bonds. The highest BCUT2D eigenvalue weighted by atomic mass is 35.5. The van der Waals surface area contributed by atoms with Gasteiger partial charge in [0.05, 0.1) is 0 Å². The Morgan fingerprint density at radius 2 is 1.35 bits per heavy atom. The lowest BCUT2D eigenvalue weighted by molar-refractivity contribution is -0.131. The number of amides is 2. The summed E-state index contributed by atoms with van der Waals surface area (Å²) >= 11 is 5.80. The molecule has 0 aliphatic heterocycles. The van der Waals surface area contributed by atoms with Crippen LogP contribution in [0.1, 0.15) is 52.7 Å². The predicted molar refractivity (Wildman–Crippen MR) is 123 cm³/mol. The van der Waals surface area contributed by atoms with Crippen LogP contribution in [0, 0.1) is 0 Å². The van der Waals surface area contributed by atoms with Crippen molar-refractivity contribution in [2.45, 2.75) is 52.4 Å². The predicted octanol–water partition coefficient (Wildman–Crippen LogP) is 4.54. The first-order valence-corrected chi connectivity index (χ1v) is 10.5. The van der Waals surface area contributed by atoms with Crippen LogP contribution in [-0.4, -0.2) is 25.0 Å². The van der Waals surface area contributed by atoms with Gasteiger partial charge in [0.1, 0.15) is 11.5 Å². The number of rotatable bonds is 6. The molecule has 0 atom stereocenters. The summed E-state index contributed by atoms with van der Waals surface area (Å²) in [7, 11) is 0. The van der Waals surface area contributed by atoms with Crippen molar-refractivity contribution in [2.75, 3.05) is 13.2 Å². The smallest absolute Gasteiger partial charge is 0.276 e. The Hall–Kier alpha value is -2.73. The van der Waals surface area contributed by atoms with E-state index in [1.54, 1.807) is 24.3 Å². The van der Waals surface area contributed by atoms with Gasteiger partial charge in [-0.2, -0.15) is 0 Å². The zero-order valence-corrected chi connectivity index (χ0v) is 19.7. The van der Waals surface area contributed by atoms with Gasteiger partial charge in [0, 0.05) is 5.02 Å². The van der Waals surface area contributed by atoms with E-state index >= 15 is 0 Å². The van der Waals surface area contributed by atoms with Crippen molar-refractivity contribution >= 4 is 23.4 Å². The molecule has 168 valence electrons. The third-order valence-electron chi connectivity index (χ3n) is 4.54. The summed E-state index contributed by atoms with van der Waals surface area (Å²) in [6, 6.07) is 12.7. The number of hydrogen-bond acceptors (Lipinski definition) is 4. The first-order chi connectivity index (χ1) is 14.4. The fraction of sp³-hybridized carbons (Fsp3) is 0.417. The first-order valence-electron chi connectivity index (χ1n) is 10.1. The van der Waals surface area contributed by atoms with E-state index in [4.69, 9.17) is 21.1 Å². The largest absolute Gasteiger partial charge is 0.484 e. The van der Waals surface area contributed by atoms with Gasteiger partial charge in [-0.1, -0.05) is 65.3 Å². The minimum absolute atomic E-state index is 0.00820. The van der Waals surface area contributed by atoms with Gasteiger partial charge in [0.15, 0.2) is 13.2 Å². The molecule has 0 unspecified atom stereocenters. The van der Waals surface area contributed by atoms with Crippen molar-refractivity contribution in [3.05, 3.63) is 58.6 Å². The van der Waals surface area contributed by atoms with E-state index in [1.807, 2.05) is 12.1 Å². The second-order valence-electron chi connectivity index (χ2n) is 9.34. The molecule has 2 rings (SSSR count). The number of carbonyl (C=O) groups excluding carboxylic acids is 2. The van der Waals surface area contributed by atoms with Crippen LogP contribution in [0.5, 0.6) is 11.5 Å². The van der Waals surface area contributed by atoms with Gasteiger partial charge in [-0.05, 0) is 52.3 Å². The Morgan fingerprint density at radius 3 is 1.87 bits per heavy atom. The molecule has 2 N–H and O–H groups in total. The molecule has 0 radical (unpaired) electrons. The van der Waals surface area contributed by atoms with E-state index in [1.165, 1.54) is 5.56 Å². The summed E-state index contributed by atoms with van der Waals surface area (Å²) in [6.45, 7) is 12.3. The molecular weight excluding hydrogens is 416 g/mol. The lowest BCUT2D eigenvalue weighted by Crippen LogP contribution is -2.45. The van der Waals surface area contributed by atoms with Crippen molar-refractivity contribution in [1.29, 1.82) is 0 Å². The molecule has 2 aromatic rings. The third kappa shape index (κ3) is 7.79. The second kappa shape index (κ2) is 10.1. The van der Waals surface area contributed by atoms with Gasteiger partial charge in [-0.25, -0.2) is 0 Å². The van der Waals surface area contributed by atoms with Crippen molar-refractivity contribution in [1.82, 2.24) is 10.9 Å². The molecule has 0 saturated carbocycles. The minimum Gasteiger partial charge on any atom is -0.484 e. The Morgan fingerprint density at radius 1 is 0.806 bits per heavy atom. The maximum absolute atomic E-state index is 12.1. The van der Waals surface area contributed by atoms with Crippen LogP contribution in [-0.2, 0) is 20.4 Å². The van der Waals surface area contributed by atoms with Crippen LogP contribution in [0.4, 0.5) is 0 Å². The number of hydrogen-bond donors (Lipinski definition) is 2. The van der Waals surface area contributed by atoms with Crippen LogP contribution in [0.25, 0.3) is 0 Å². The van der Waals surface area contributed by atoms with Gasteiger partial charge < -0.3 is 9.47 Å². The van der Waals surface area contributed by atoms with E-state index in [2.05, 4.69) is 58.5 Å². The molecule has 6 nitrogen and oxygen atoms in total. The van der Waals surface area contributed by atoms with E-state index in [-0.39, 0.29) is 24.0 Å². The van der Waals surface area contributed by atoms with E-state index in [0.717, 1.165) is 5.56 Å². The van der Waals surface area contributed by atoms with E-state index in [0.29, 0.717) is 16.5 Å². The summed E-state index contributed by atoms with van der Waals surface area (Å²) < 4.78 is 11.1. The molecule has 0 bridgehead atoms. The fourth-order valence-corrected chi connectivity index (χ4v) is 2.87. The molecule has 7 heteroatoms. The van der Waals surface area contributed by atoms with Crippen molar-refractivity contribution in [2.24, 2.45) is 0 Å². The van der Waals surface area contributed by atoms with Gasteiger partial charge in [-0.15, -0.1) is 0 Å². The molecule has 0 aromatic heterocycles. The zero-order valence-electron chi connectivity index (χ0n) is 19.0. The van der Waals surface area contributed by atoms with Crippen molar-refractivity contribution in [3.63, 3.8) is 0 Å². The van der Waals surface area contributed by atoms with Crippen LogP contribution < -0.4 is 20.3 Å². The number of nitrogens with one attached hydrogen (secondary N) is 2. The Kier molecular flexibility index (Phi) is 7.96. The van der Waals surface area contributed by atoms with E-state index in [9.17, 15) is 9.59 Å². The number of hydrazine groups is 1. The molecule has 0 saturated heterocycles. The summed E-state index contributed by atoms with van der Waals surface area (Å²) in [5, 5.41) is 0.576. The average molecular weight is 447 g/mol. The maximum Gasteiger partial charge on any atom is 0.276 e. The molecule has 0 aliphatic rings. The number of carbonyl (C=O) groups is 2. The number of ether oxygens (including phenoxy) is 2. The highest BCUT2D eigenvalue weighted by Gasteiger charge is 2.23. The topological polar surface area (TPSA) is 76.7 Å². The van der Waals surface area contributed by atoms with Gasteiger partial charge >= 0.3 is 0 Å². The van der Waals surface area contributed by atoms with Crippen LogP contribution in [0.15, 0.2) is 42.5 Å². The molecule has 0 fully saturated rings. The molecule has 2 aromatic carbocycles. The molecule has 31 heavy (non-hydrogen) atoms. The Balaban J connectivity index is 1.87. The highest BCUT2D eigenvalue weighted by molar-refractivity contribution is 6.30. The van der Waals surface area contributed by atoms with Crippen molar-refractivity contribution in [3.8, 4) is 11.5 Å². The van der Waals surface area contributed by atoms with E-state index < -0.39 is 11.8 Å². The number of benzene rings is 2. The van der Waals surface area contributed by atoms with Gasteiger partial charge in [0.25, 0.3) is 11.8 Å². The lowest BCUT2D eigenvalue weighted by atomic mass is 9.80. The quantitative estimate of drug-likeness (QED) is 0.638. The monoisotopic (exact) mass is 446 g/mol. The first kappa shape index (κ1) is 24.5. The molecule has 0 heterocycles. The number of halogens is 1. The molecular formula is C24H31ClN2O4. The summed E-state index contributed by atoms with van der Waals surface area (Å²) in [5.41, 5.74) is 6.71. The van der Waals surface area contributed by atoms with Gasteiger partial charge in [0.2, 0.25) is 0 Å². The summed E-state index contributed by atoms with van der Waals surface area (Å²) in [4.78, 5) is 24.0. The lowest BCUT2D eigenvalue weighted by Gasteiger charge is -2.27. The van der Waals surface area contributed by atoms with Crippen LogP contribution in [0.2, 0.25) is 5.02 Å². The zero-order chi connectivity index (χ0) is 23.2. The van der Waals surface area contributed by atoms with Crippen LogP contribution in [0.3, 0.4) is 0 Å². The standard InChI is InChI=1S/C24H31ClN2O4/c1-23(2,3)16-7-12-20(19(13-16)24(4,5)6)31-15-22(29)27-26-21(28)14-30-18-10-8-17(25)9-11-18/h7-13H,14-15H2,1-6H3,(H,26,28)(H,27,29). The summed E-state index contributed by atoms with van der Waals surface area (Å²) in [5.74, 6) is 0.184. The molecule has 0 spiro atoms. The Bertz CT molecular complexity index is 913. The fourth-order valence-electron chi connectivity index (χ4n) is 2.74. The minimum atomic E-state index is -0.492. The van der Waals surface area contributed by atoms with Gasteiger partial charge in [-0.3, -0.25) is 20.4 Å². The normalized spacial score (nSPS) is 11.6. The third-order valence-corrected chi connectivity index (χ3v) is 4.79. The molecule has 0 aliphatic carbocycles. The average Bonchev–Trinajstić information content (AvgIpc) is 2.68. The maximum atomic E-state index is 12.1. The van der Waals surface area contributed by atoms with Crippen molar-refractivity contribution < 1.29 is 19.1 Å². The second-order valence-corrected chi connectivity index (χ2v) is 9.77. The van der Waals surface area contributed by atoms with Crippen LogP contribution >= 0.6 is 11.6 Å². The highest BCUT2D eigenvalue weighted by Crippen LogP contribution is 2.35.